The number of carbonyl (C=O) groups excluding carboxylic acids is 3. The summed E-state index contributed by atoms with van der Waals surface area (Å²) in [7, 11) is 0. The van der Waals surface area contributed by atoms with E-state index in [2.05, 4.69) is 16.0 Å². The first kappa shape index (κ1) is 30.4. The third kappa shape index (κ3) is 11.1. The predicted molar refractivity (Wildman–Crippen MR) is 139 cm³/mol. The Kier molecular flexibility index (Phi) is 13.4. The number of thioether (sulfide) groups is 1. The van der Waals surface area contributed by atoms with Gasteiger partial charge in [0.1, 0.15) is 18.1 Å². The minimum atomic E-state index is -1.15. The van der Waals surface area contributed by atoms with E-state index in [4.69, 9.17) is 5.73 Å². The fraction of sp³-hybridized carbons (Fsp3) is 0.600. The molecule has 0 aliphatic carbocycles. The van der Waals surface area contributed by atoms with Gasteiger partial charge in [0.2, 0.25) is 17.7 Å². The first-order valence-electron chi connectivity index (χ1n) is 11.9. The Morgan fingerprint density at radius 2 is 1.49 bits per heavy atom. The van der Waals surface area contributed by atoms with Crippen LogP contribution in [0.2, 0.25) is 0 Å². The summed E-state index contributed by atoms with van der Waals surface area (Å²) in [6.07, 6.45) is 2.92. The SMILES string of the molecule is CSCCC(N)C(=O)NC(CC(C)C)C(=O)NC(Cc1ccccc1)C(=O)NC(C(=O)O)C(C)C. The van der Waals surface area contributed by atoms with Crippen LogP contribution in [0.5, 0.6) is 0 Å². The molecule has 4 unspecified atom stereocenters. The molecule has 3 amide bonds. The highest BCUT2D eigenvalue weighted by molar-refractivity contribution is 7.98. The third-order valence-corrected chi connectivity index (χ3v) is 6.10. The molecule has 4 atom stereocenters. The molecule has 1 aromatic rings. The number of carboxylic acids is 1. The van der Waals surface area contributed by atoms with Gasteiger partial charge in [-0.1, -0.05) is 58.0 Å². The minimum absolute atomic E-state index is 0.0900. The smallest absolute Gasteiger partial charge is 0.326 e. The van der Waals surface area contributed by atoms with Crippen LogP contribution in [0.25, 0.3) is 0 Å². The summed E-state index contributed by atoms with van der Waals surface area (Å²) >= 11 is 1.58. The van der Waals surface area contributed by atoms with E-state index in [1.54, 1.807) is 25.6 Å². The number of hydrogen-bond donors (Lipinski definition) is 5. The third-order valence-electron chi connectivity index (χ3n) is 5.46. The molecule has 0 aliphatic heterocycles. The zero-order chi connectivity index (χ0) is 26.5. The Morgan fingerprint density at radius 3 is 2.00 bits per heavy atom. The maximum Gasteiger partial charge on any atom is 0.326 e. The van der Waals surface area contributed by atoms with Gasteiger partial charge in [0.25, 0.3) is 0 Å². The maximum absolute atomic E-state index is 13.2. The second-order valence-electron chi connectivity index (χ2n) is 9.40. The zero-order valence-electron chi connectivity index (χ0n) is 21.2. The average molecular weight is 509 g/mol. The van der Waals surface area contributed by atoms with Crippen molar-refractivity contribution in [3.05, 3.63) is 35.9 Å². The topological polar surface area (TPSA) is 151 Å². The van der Waals surface area contributed by atoms with Crippen LogP contribution in [0.1, 0.15) is 46.1 Å². The van der Waals surface area contributed by atoms with E-state index >= 15 is 0 Å². The van der Waals surface area contributed by atoms with Gasteiger partial charge < -0.3 is 26.8 Å². The summed E-state index contributed by atoms with van der Waals surface area (Å²) in [5.74, 6) is -2.23. The van der Waals surface area contributed by atoms with Crippen molar-refractivity contribution in [2.45, 2.75) is 71.1 Å². The van der Waals surface area contributed by atoms with E-state index in [-0.39, 0.29) is 18.3 Å². The molecular formula is C25H40N4O5S. The number of nitrogens with one attached hydrogen (secondary N) is 3. The highest BCUT2D eigenvalue weighted by Crippen LogP contribution is 2.10. The van der Waals surface area contributed by atoms with Gasteiger partial charge in [0.05, 0.1) is 6.04 Å². The van der Waals surface area contributed by atoms with E-state index in [1.165, 1.54) is 0 Å². The van der Waals surface area contributed by atoms with E-state index in [0.29, 0.717) is 12.8 Å². The van der Waals surface area contributed by atoms with E-state index < -0.39 is 47.9 Å². The molecule has 1 rings (SSSR count). The second-order valence-corrected chi connectivity index (χ2v) is 10.4. The molecule has 0 saturated carbocycles. The Morgan fingerprint density at radius 1 is 0.914 bits per heavy atom. The summed E-state index contributed by atoms with van der Waals surface area (Å²) in [6, 6.07) is 5.37. The van der Waals surface area contributed by atoms with Crippen molar-refractivity contribution in [3.8, 4) is 0 Å². The van der Waals surface area contributed by atoms with Gasteiger partial charge in [0, 0.05) is 6.42 Å². The van der Waals surface area contributed by atoms with Gasteiger partial charge in [-0.3, -0.25) is 14.4 Å². The van der Waals surface area contributed by atoms with Crippen LogP contribution in [-0.4, -0.2) is 65.0 Å². The number of aliphatic carboxylic acids is 1. The Hall–Kier alpha value is -2.59. The second kappa shape index (κ2) is 15.4. The standard InChI is InChI=1S/C25H40N4O5S/c1-15(2)13-19(27-22(30)18(26)11-12-35-5)23(31)28-20(14-17-9-7-6-8-10-17)24(32)29-21(16(3)4)25(33)34/h6-10,15-16,18-21H,11-14,26H2,1-5H3,(H,27,30)(H,28,31)(H,29,32)(H,33,34). The molecule has 0 heterocycles. The quantitative estimate of drug-likeness (QED) is 0.241. The van der Waals surface area contributed by atoms with Crippen molar-refractivity contribution >= 4 is 35.5 Å². The molecule has 1 aromatic carbocycles. The van der Waals surface area contributed by atoms with Crippen molar-refractivity contribution in [1.29, 1.82) is 0 Å². The van der Waals surface area contributed by atoms with Gasteiger partial charge in [0.15, 0.2) is 0 Å². The number of benzene rings is 1. The largest absolute Gasteiger partial charge is 0.480 e. The lowest BCUT2D eigenvalue weighted by atomic mass is 9.99. The molecule has 0 fully saturated rings. The Labute approximate surface area is 212 Å². The van der Waals surface area contributed by atoms with Crippen molar-refractivity contribution in [2.24, 2.45) is 17.6 Å². The molecule has 0 bridgehead atoms. The zero-order valence-corrected chi connectivity index (χ0v) is 22.1. The van der Waals surface area contributed by atoms with Crippen LogP contribution in [-0.2, 0) is 25.6 Å². The Bertz CT molecular complexity index is 834. The van der Waals surface area contributed by atoms with Crippen LogP contribution >= 0.6 is 11.8 Å². The van der Waals surface area contributed by atoms with Crippen LogP contribution < -0.4 is 21.7 Å². The van der Waals surface area contributed by atoms with Gasteiger partial charge in [-0.25, -0.2) is 4.79 Å². The number of amides is 3. The monoisotopic (exact) mass is 508 g/mol. The first-order chi connectivity index (χ1) is 16.5. The predicted octanol–water partition coefficient (Wildman–Crippen LogP) is 1.55. The van der Waals surface area contributed by atoms with Crippen molar-refractivity contribution in [1.82, 2.24) is 16.0 Å². The average Bonchev–Trinajstić information content (AvgIpc) is 2.79. The molecule has 10 heteroatoms. The van der Waals surface area contributed by atoms with Crippen molar-refractivity contribution in [3.63, 3.8) is 0 Å². The highest BCUT2D eigenvalue weighted by atomic mass is 32.2. The maximum atomic E-state index is 13.2. The van der Waals surface area contributed by atoms with E-state index in [9.17, 15) is 24.3 Å². The van der Waals surface area contributed by atoms with E-state index in [0.717, 1.165) is 11.3 Å². The number of rotatable bonds is 15. The molecule has 0 radical (unpaired) electrons. The summed E-state index contributed by atoms with van der Waals surface area (Å²) in [5.41, 5.74) is 6.77. The number of nitrogens with two attached hydrogens (primary N) is 1. The van der Waals surface area contributed by atoms with Gasteiger partial charge >= 0.3 is 5.97 Å². The molecule has 9 nitrogen and oxygen atoms in total. The van der Waals surface area contributed by atoms with Gasteiger partial charge in [-0.2, -0.15) is 11.8 Å². The lowest BCUT2D eigenvalue weighted by Crippen LogP contribution is -2.58. The van der Waals surface area contributed by atoms with Crippen LogP contribution in [0.4, 0.5) is 0 Å². The summed E-state index contributed by atoms with van der Waals surface area (Å²) in [5, 5.41) is 17.5. The molecule has 0 aliphatic rings. The molecule has 6 N–H and O–H groups in total. The lowest BCUT2D eigenvalue weighted by molar-refractivity contribution is -0.143. The van der Waals surface area contributed by atoms with E-state index in [1.807, 2.05) is 50.4 Å². The van der Waals surface area contributed by atoms with Crippen molar-refractivity contribution < 1.29 is 24.3 Å². The Balaban J connectivity index is 3.09. The molecular weight excluding hydrogens is 468 g/mol. The normalized spacial score (nSPS) is 14.6. The highest BCUT2D eigenvalue weighted by Gasteiger charge is 2.31. The van der Waals surface area contributed by atoms with Crippen molar-refractivity contribution in [2.75, 3.05) is 12.0 Å². The number of carboxylic acid groups (broad SMARTS) is 1. The lowest BCUT2D eigenvalue weighted by Gasteiger charge is -2.27. The molecule has 0 saturated heterocycles. The van der Waals surface area contributed by atoms with Crippen LogP contribution in [0.3, 0.4) is 0 Å². The fourth-order valence-electron chi connectivity index (χ4n) is 3.46. The number of carbonyl (C=O) groups is 4. The summed E-state index contributed by atoms with van der Waals surface area (Å²) in [4.78, 5) is 50.5. The molecule has 35 heavy (non-hydrogen) atoms. The number of hydrogen-bond acceptors (Lipinski definition) is 6. The minimum Gasteiger partial charge on any atom is -0.480 e. The van der Waals surface area contributed by atoms with Gasteiger partial charge in [-0.05, 0) is 42.2 Å². The molecule has 196 valence electrons. The fourth-order valence-corrected chi connectivity index (χ4v) is 3.95. The van der Waals surface area contributed by atoms with Crippen LogP contribution in [0.15, 0.2) is 30.3 Å². The molecule has 0 aromatic heterocycles. The molecule has 0 spiro atoms. The summed E-state index contributed by atoms with van der Waals surface area (Å²) in [6.45, 7) is 7.24. The first-order valence-corrected chi connectivity index (χ1v) is 13.3. The summed E-state index contributed by atoms with van der Waals surface area (Å²) < 4.78 is 0. The van der Waals surface area contributed by atoms with Crippen LogP contribution in [0, 0.1) is 11.8 Å². The van der Waals surface area contributed by atoms with Gasteiger partial charge in [-0.15, -0.1) is 0 Å².